The second kappa shape index (κ2) is 5.36. The van der Waals surface area contributed by atoms with E-state index < -0.39 is 23.4 Å². The zero-order valence-electron chi connectivity index (χ0n) is 9.36. The molecule has 2 aromatic rings. The van der Waals surface area contributed by atoms with Gasteiger partial charge in [0.1, 0.15) is 17.1 Å². The SMILES string of the molecule is O=C(O)c1cccc(F)c1Oc1ccc(F)cc1Br. The molecule has 0 atom stereocenters. The van der Waals surface area contributed by atoms with Crippen LogP contribution in [0, 0.1) is 11.6 Å². The van der Waals surface area contributed by atoms with Crippen molar-refractivity contribution >= 4 is 21.9 Å². The van der Waals surface area contributed by atoms with Crippen LogP contribution in [0.15, 0.2) is 40.9 Å². The molecule has 0 aromatic heterocycles. The van der Waals surface area contributed by atoms with Crippen molar-refractivity contribution in [3.8, 4) is 11.5 Å². The molecule has 0 saturated heterocycles. The minimum Gasteiger partial charge on any atom is -0.478 e. The lowest BCUT2D eigenvalue weighted by atomic mass is 10.2. The third-order valence-electron chi connectivity index (χ3n) is 2.30. The van der Waals surface area contributed by atoms with Crippen LogP contribution >= 0.6 is 15.9 Å². The number of hydrogen-bond donors (Lipinski definition) is 1. The van der Waals surface area contributed by atoms with Crippen LogP contribution in [0.1, 0.15) is 10.4 Å². The van der Waals surface area contributed by atoms with E-state index in [1.807, 2.05) is 0 Å². The fourth-order valence-electron chi connectivity index (χ4n) is 1.45. The fraction of sp³-hybridized carbons (Fsp3) is 0. The standard InChI is InChI=1S/C13H7BrF2O3/c14-9-6-7(15)4-5-11(9)19-12-8(13(17)18)2-1-3-10(12)16/h1-6H,(H,17,18). The van der Waals surface area contributed by atoms with Gasteiger partial charge in [-0.05, 0) is 46.3 Å². The number of para-hydroxylation sites is 1. The number of hydrogen-bond acceptors (Lipinski definition) is 2. The van der Waals surface area contributed by atoms with Gasteiger partial charge >= 0.3 is 5.97 Å². The second-order valence-electron chi connectivity index (χ2n) is 3.60. The molecule has 19 heavy (non-hydrogen) atoms. The van der Waals surface area contributed by atoms with Gasteiger partial charge in [-0.3, -0.25) is 0 Å². The molecule has 0 saturated carbocycles. The van der Waals surface area contributed by atoms with Crippen LogP contribution in [0.4, 0.5) is 8.78 Å². The minimum absolute atomic E-state index is 0.119. The Balaban J connectivity index is 2.46. The fourth-order valence-corrected chi connectivity index (χ4v) is 1.88. The normalized spacial score (nSPS) is 10.3. The molecule has 0 aliphatic carbocycles. The third kappa shape index (κ3) is 2.90. The van der Waals surface area contributed by atoms with Crippen molar-refractivity contribution in [2.24, 2.45) is 0 Å². The summed E-state index contributed by atoms with van der Waals surface area (Å²) in [7, 11) is 0. The maximum absolute atomic E-state index is 13.6. The number of rotatable bonds is 3. The number of carbonyl (C=O) groups is 1. The summed E-state index contributed by atoms with van der Waals surface area (Å²) in [6.45, 7) is 0. The summed E-state index contributed by atoms with van der Waals surface area (Å²) in [6.07, 6.45) is 0. The van der Waals surface area contributed by atoms with Crippen LogP contribution in [0.5, 0.6) is 11.5 Å². The van der Waals surface area contributed by atoms with Gasteiger partial charge in [-0.15, -0.1) is 0 Å². The number of aromatic carboxylic acids is 1. The van der Waals surface area contributed by atoms with Crippen molar-refractivity contribution in [3.05, 3.63) is 58.1 Å². The first-order valence-electron chi connectivity index (χ1n) is 5.13. The quantitative estimate of drug-likeness (QED) is 0.917. The zero-order chi connectivity index (χ0) is 14.0. The molecule has 0 bridgehead atoms. The van der Waals surface area contributed by atoms with E-state index in [0.29, 0.717) is 0 Å². The first-order valence-corrected chi connectivity index (χ1v) is 5.93. The molecule has 0 radical (unpaired) electrons. The molecule has 2 rings (SSSR count). The molecule has 98 valence electrons. The van der Waals surface area contributed by atoms with Crippen molar-refractivity contribution in [2.45, 2.75) is 0 Å². The molecular formula is C13H7BrF2O3. The monoisotopic (exact) mass is 328 g/mol. The van der Waals surface area contributed by atoms with Gasteiger partial charge in [-0.1, -0.05) is 6.07 Å². The minimum atomic E-state index is -1.31. The van der Waals surface area contributed by atoms with Crippen LogP contribution in [0.25, 0.3) is 0 Å². The van der Waals surface area contributed by atoms with Crippen LogP contribution in [0.2, 0.25) is 0 Å². The molecule has 2 aromatic carbocycles. The molecular weight excluding hydrogens is 322 g/mol. The molecule has 0 heterocycles. The first kappa shape index (κ1) is 13.5. The Bertz CT molecular complexity index is 644. The van der Waals surface area contributed by atoms with E-state index in [0.717, 1.165) is 18.2 Å². The smallest absolute Gasteiger partial charge is 0.339 e. The molecule has 1 N–H and O–H groups in total. The summed E-state index contributed by atoms with van der Waals surface area (Å²) < 4.78 is 32.0. The van der Waals surface area contributed by atoms with E-state index in [1.165, 1.54) is 18.2 Å². The largest absolute Gasteiger partial charge is 0.478 e. The lowest BCUT2D eigenvalue weighted by Gasteiger charge is -2.11. The second-order valence-corrected chi connectivity index (χ2v) is 4.45. The highest BCUT2D eigenvalue weighted by atomic mass is 79.9. The van der Waals surface area contributed by atoms with Gasteiger partial charge in [-0.2, -0.15) is 0 Å². The van der Waals surface area contributed by atoms with Crippen molar-refractivity contribution in [1.29, 1.82) is 0 Å². The molecule has 0 unspecified atom stereocenters. The van der Waals surface area contributed by atoms with Crippen molar-refractivity contribution in [3.63, 3.8) is 0 Å². The van der Waals surface area contributed by atoms with Gasteiger partial charge in [0, 0.05) is 0 Å². The summed E-state index contributed by atoms with van der Waals surface area (Å²) in [6, 6.07) is 7.11. The molecule has 0 aliphatic rings. The van der Waals surface area contributed by atoms with E-state index in [2.05, 4.69) is 15.9 Å². The average molecular weight is 329 g/mol. The van der Waals surface area contributed by atoms with Crippen LogP contribution < -0.4 is 4.74 Å². The first-order chi connectivity index (χ1) is 8.99. The molecule has 0 fully saturated rings. The number of halogens is 3. The highest BCUT2D eigenvalue weighted by Crippen LogP contribution is 2.33. The van der Waals surface area contributed by atoms with Crippen molar-refractivity contribution < 1.29 is 23.4 Å². The molecule has 6 heteroatoms. The lowest BCUT2D eigenvalue weighted by molar-refractivity contribution is 0.0693. The third-order valence-corrected chi connectivity index (χ3v) is 2.92. The Hall–Kier alpha value is -1.95. The molecule has 0 amide bonds. The zero-order valence-corrected chi connectivity index (χ0v) is 10.9. The number of carboxylic acid groups (broad SMARTS) is 1. The van der Waals surface area contributed by atoms with Crippen LogP contribution in [-0.2, 0) is 0 Å². The van der Waals surface area contributed by atoms with Crippen molar-refractivity contribution in [1.82, 2.24) is 0 Å². The van der Waals surface area contributed by atoms with Gasteiger partial charge in [0.15, 0.2) is 11.6 Å². The number of benzene rings is 2. The molecule has 3 nitrogen and oxygen atoms in total. The van der Waals surface area contributed by atoms with Crippen molar-refractivity contribution in [2.75, 3.05) is 0 Å². The Morgan fingerprint density at radius 2 is 1.95 bits per heavy atom. The molecule has 0 aliphatic heterocycles. The van der Waals surface area contributed by atoms with E-state index in [4.69, 9.17) is 9.84 Å². The Labute approximate surface area is 115 Å². The Morgan fingerprint density at radius 3 is 2.58 bits per heavy atom. The summed E-state index contributed by atoms with van der Waals surface area (Å²) in [4.78, 5) is 11.0. The van der Waals surface area contributed by atoms with Gasteiger partial charge in [-0.25, -0.2) is 13.6 Å². The Morgan fingerprint density at radius 1 is 1.21 bits per heavy atom. The maximum Gasteiger partial charge on any atom is 0.339 e. The summed E-state index contributed by atoms with van der Waals surface area (Å²) in [5, 5.41) is 8.96. The maximum atomic E-state index is 13.6. The van der Waals surface area contributed by atoms with E-state index >= 15 is 0 Å². The summed E-state index contributed by atoms with van der Waals surface area (Å²) >= 11 is 3.06. The van der Waals surface area contributed by atoms with Crippen LogP contribution in [0.3, 0.4) is 0 Å². The summed E-state index contributed by atoms with van der Waals surface area (Å²) in [5.74, 6) is -2.91. The Kier molecular flexibility index (Phi) is 3.80. The van der Waals surface area contributed by atoms with Gasteiger partial charge in [0.25, 0.3) is 0 Å². The van der Waals surface area contributed by atoms with E-state index in [1.54, 1.807) is 0 Å². The topological polar surface area (TPSA) is 46.5 Å². The average Bonchev–Trinajstić information content (AvgIpc) is 2.34. The molecule has 0 spiro atoms. The predicted molar refractivity (Wildman–Crippen MR) is 67.5 cm³/mol. The van der Waals surface area contributed by atoms with Gasteiger partial charge in [0.05, 0.1) is 4.47 Å². The van der Waals surface area contributed by atoms with Gasteiger partial charge < -0.3 is 9.84 Å². The highest BCUT2D eigenvalue weighted by Gasteiger charge is 2.17. The number of ether oxygens (including phenoxy) is 1. The van der Waals surface area contributed by atoms with E-state index in [9.17, 15) is 13.6 Å². The van der Waals surface area contributed by atoms with Gasteiger partial charge in [0.2, 0.25) is 0 Å². The lowest BCUT2D eigenvalue weighted by Crippen LogP contribution is -2.02. The van der Waals surface area contributed by atoms with E-state index in [-0.39, 0.29) is 15.8 Å². The highest BCUT2D eigenvalue weighted by molar-refractivity contribution is 9.10. The number of carboxylic acids is 1. The van der Waals surface area contributed by atoms with Crippen LogP contribution in [-0.4, -0.2) is 11.1 Å². The summed E-state index contributed by atoms with van der Waals surface area (Å²) in [5.41, 5.74) is -0.309. The predicted octanol–water partition coefficient (Wildman–Crippen LogP) is 4.22.